The molecule has 16 heavy (non-hydrogen) atoms. The van der Waals surface area contributed by atoms with Crippen molar-refractivity contribution in [3.63, 3.8) is 0 Å². The van der Waals surface area contributed by atoms with Crippen molar-refractivity contribution < 1.29 is 4.52 Å². The predicted octanol–water partition coefficient (Wildman–Crippen LogP) is 1.90. The van der Waals surface area contributed by atoms with Gasteiger partial charge in [-0.15, -0.1) is 0 Å². The molecule has 80 valence electrons. The Balaban J connectivity index is 2.22. The largest absolute Gasteiger partial charge is 0.339 e. The summed E-state index contributed by atoms with van der Waals surface area (Å²) in [6.07, 6.45) is 0.859. The van der Waals surface area contributed by atoms with Gasteiger partial charge < -0.3 is 4.52 Å². The number of rotatable bonds is 3. The van der Waals surface area contributed by atoms with Crippen molar-refractivity contribution in [2.75, 3.05) is 0 Å². The van der Waals surface area contributed by atoms with Crippen molar-refractivity contribution in [1.82, 2.24) is 15.1 Å². The maximum absolute atomic E-state index is 8.44. The summed E-state index contributed by atoms with van der Waals surface area (Å²) in [5.74, 6) is 0.941. The van der Waals surface area contributed by atoms with E-state index in [0.29, 0.717) is 30.3 Å². The van der Waals surface area contributed by atoms with E-state index in [1.54, 1.807) is 0 Å². The van der Waals surface area contributed by atoms with Crippen LogP contribution in [-0.2, 0) is 6.42 Å². The molecule has 2 heterocycles. The van der Waals surface area contributed by atoms with E-state index in [-0.39, 0.29) is 0 Å². The molecule has 0 fully saturated rings. The van der Waals surface area contributed by atoms with E-state index in [1.807, 2.05) is 31.2 Å². The summed E-state index contributed by atoms with van der Waals surface area (Å²) in [4.78, 5) is 8.45. The van der Waals surface area contributed by atoms with Crippen molar-refractivity contribution in [2.24, 2.45) is 0 Å². The van der Waals surface area contributed by atoms with Gasteiger partial charge in [0.05, 0.1) is 6.07 Å². The Morgan fingerprint density at radius 2 is 2.25 bits per heavy atom. The molecule has 0 saturated carbocycles. The summed E-state index contributed by atoms with van der Waals surface area (Å²) >= 11 is 0. The van der Waals surface area contributed by atoms with Gasteiger partial charge in [-0.1, -0.05) is 11.2 Å². The summed E-state index contributed by atoms with van der Waals surface area (Å²) in [5.41, 5.74) is 1.59. The Morgan fingerprint density at radius 3 is 3.00 bits per heavy atom. The van der Waals surface area contributed by atoms with Gasteiger partial charge in [-0.25, -0.2) is 4.98 Å². The molecule has 0 amide bonds. The molecule has 5 heteroatoms. The molecule has 0 unspecified atom stereocenters. The lowest BCUT2D eigenvalue weighted by atomic mass is 10.3. The minimum Gasteiger partial charge on any atom is -0.339 e. The smallest absolute Gasteiger partial charge is 0.228 e. The van der Waals surface area contributed by atoms with Crippen molar-refractivity contribution in [3.8, 4) is 17.6 Å². The van der Waals surface area contributed by atoms with Gasteiger partial charge >= 0.3 is 0 Å². The third-order valence-electron chi connectivity index (χ3n) is 2.04. The van der Waals surface area contributed by atoms with E-state index < -0.39 is 0 Å². The molecule has 0 aliphatic rings. The van der Waals surface area contributed by atoms with Crippen LogP contribution in [0.1, 0.15) is 18.0 Å². The predicted molar refractivity (Wildman–Crippen MR) is 56.2 cm³/mol. The number of aryl methyl sites for hydroxylation is 2. The molecule has 0 aliphatic carbocycles. The van der Waals surface area contributed by atoms with Crippen LogP contribution >= 0.6 is 0 Å². The lowest BCUT2D eigenvalue weighted by Gasteiger charge is -1.94. The second kappa shape index (κ2) is 4.53. The summed E-state index contributed by atoms with van der Waals surface area (Å²) in [6, 6.07) is 7.65. The van der Waals surface area contributed by atoms with Crippen LogP contribution in [0.4, 0.5) is 0 Å². The Labute approximate surface area is 92.7 Å². The summed E-state index contributed by atoms with van der Waals surface area (Å²) in [7, 11) is 0. The molecule has 2 aromatic rings. The summed E-state index contributed by atoms with van der Waals surface area (Å²) in [5, 5.41) is 12.3. The number of nitrogens with zero attached hydrogens (tertiary/aromatic N) is 4. The minimum atomic E-state index is 0.378. The van der Waals surface area contributed by atoms with Gasteiger partial charge in [-0.3, -0.25) is 0 Å². The van der Waals surface area contributed by atoms with Crippen LogP contribution in [0.15, 0.2) is 22.7 Å². The first-order valence-corrected chi connectivity index (χ1v) is 4.93. The highest BCUT2D eigenvalue weighted by Gasteiger charge is 2.09. The van der Waals surface area contributed by atoms with Gasteiger partial charge in [0, 0.05) is 18.5 Å². The highest BCUT2D eigenvalue weighted by Crippen LogP contribution is 2.13. The van der Waals surface area contributed by atoms with Gasteiger partial charge in [0.25, 0.3) is 0 Å². The molecule has 0 radical (unpaired) electrons. The van der Waals surface area contributed by atoms with E-state index in [9.17, 15) is 0 Å². The molecule has 0 bridgehead atoms. The fourth-order valence-corrected chi connectivity index (χ4v) is 1.29. The normalized spacial score (nSPS) is 10.0. The molecule has 2 rings (SSSR count). The Kier molecular flexibility index (Phi) is 2.92. The molecule has 2 aromatic heterocycles. The standard InChI is InChI=1S/C11H10N4O/c1-8-4-2-5-9(13-8)11-14-10(16-15-11)6-3-7-12/h2,4-5H,3,6H2,1H3. The van der Waals surface area contributed by atoms with Crippen LogP contribution in [0.3, 0.4) is 0 Å². The van der Waals surface area contributed by atoms with Gasteiger partial charge in [0.2, 0.25) is 11.7 Å². The van der Waals surface area contributed by atoms with Crippen LogP contribution in [-0.4, -0.2) is 15.1 Å². The molecule has 0 N–H and O–H groups in total. The van der Waals surface area contributed by atoms with E-state index in [4.69, 9.17) is 9.78 Å². The van der Waals surface area contributed by atoms with E-state index in [0.717, 1.165) is 5.69 Å². The maximum atomic E-state index is 8.44. The zero-order valence-corrected chi connectivity index (χ0v) is 8.84. The molecule has 0 saturated heterocycles. The average molecular weight is 214 g/mol. The zero-order valence-electron chi connectivity index (χ0n) is 8.84. The summed E-state index contributed by atoms with van der Waals surface area (Å²) < 4.78 is 5.01. The van der Waals surface area contributed by atoms with Crippen LogP contribution < -0.4 is 0 Å². The van der Waals surface area contributed by atoms with Gasteiger partial charge in [-0.05, 0) is 19.1 Å². The Bertz CT molecular complexity index is 527. The van der Waals surface area contributed by atoms with Gasteiger partial charge in [0.15, 0.2) is 0 Å². The van der Waals surface area contributed by atoms with E-state index in [2.05, 4.69) is 15.1 Å². The van der Waals surface area contributed by atoms with Crippen molar-refractivity contribution >= 4 is 0 Å². The van der Waals surface area contributed by atoms with Gasteiger partial charge in [-0.2, -0.15) is 10.2 Å². The SMILES string of the molecule is Cc1cccc(-c2noc(CCC#N)n2)n1. The van der Waals surface area contributed by atoms with E-state index in [1.165, 1.54) is 0 Å². The highest BCUT2D eigenvalue weighted by molar-refractivity contribution is 5.47. The van der Waals surface area contributed by atoms with Crippen LogP contribution in [0.5, 0.6) is 0 Å². The van der Waals surface area contributed by atoms with Crippen LogP contribution in [0.2, 0.25) is 0 Å². The zero-order chi connectivity index (χ0) is 11.4. The lowest BCUT2D eigenvalue weighted by Crippen LogP contribution is -1.88. The molecule has 0 aromatic carbocycles. The summed E-state index contributed by atoms with van der Waals surface area (Å²) in [6.45, 7) is 1.90. The third kappa shape index (κ3) is 2.23. The molecule has 0 spiro atoms. The Morgan fingerprint density at radius 1 is 1.38 bits per heavy atom. The number of nitriles is 1. The molecule has 5 nitrogen and oxygen atoms in total. The fraction of sp³-hybridized carbons (Fsp3) is 0.273. The average Bonchev–Trinajstić information content (AvgIpc) is 2.75. The first kappa shape index (κ1) is 10.3. The van der Waals surface area contributed by atoms with Gasteiger partial charge in [0.1, 0.15) is 5.69 Å². The second-order valence-corrected chi connectivity index (χ2v) is 3.33. The minimum absolute atomic E-state index is 0.378. The molecule has 0 aliphatic heterocycles. The molecular formula is C11H10N4O. The highest BCUT2D eigenvalue weighted by atomic mass is 16.5. The lowest BCUT2D eigenvalue weighted by molar-refractivity contribution is 0.380. The van der Waals surface area contributed by atoms with Crippen LogP contribution in [0.25, 0.3) is 11.5 Å². The monoisotopic (exact) mass is 214 g/mol. The van der Waals surface area contributed by atoms with Crippen molar-refractivity contribution in [2.45, 2.75) is 19.8 Å². The number of aromatic nitrogens is 3. The first-order chi connectivity index (χ1) is 7.79. The quantitative estimate of drug-likeness (QED) is 0.779. The molecule has 0 atom stereocenters. The first-order valence-electron chi connectivity index (χ1n) is 4.93. The number of hydrogen-bond donors (Lipinski definition) is 0. The second-order valence-electron chi connectivity index (χ2n) is 3.33. The number of pyridine rings is 1. The molecular weight excluding hydrogens is 204 g/mol. The third-order valence-corrected chi connectivity index (χ3v) is 2.04. The van der Waals surface area contributed by atoms with E-state index >= 15 is 0 Å². The topological polar surface area (TPSA) is 75.6 Å². The fourth-order valence-electron chi connectivity index (χ4n) is 1.29. The van der Waals surface area contributed by atoms with Crippen LogP contribution in [0, 0.1) is 18.3 Å². The van der Waals surface area contributed by atoms with Crippen molar-refractivity contribution in [3.05, 3.63) is 29.8 Å². The van der Waals surface area contributed by atoms with Crippen molar-refractivity contribution in [1.29, 1.82) is 5.26 Å². The number of hydrogen-bond acceptors (Lipinski definition) is 5. The Hall–Kier alpha value is -2.22. The maximum Gasteiger partial charge on any atom is 0.228 e.